The van der Waals surface area contributed by atoms with Crippen molar-refractivity contribution in [2.45, 2.75) is 13.3 Å². The third-order valence-corrected chi connectivity index (χ3v) is 3.02. The van der Waals surface area contributed by atoms with Crippen molar-refractivity contribution in [2.75, 3.05) is 0 Å². The summed E-state index contributed by atoms with van der Waals surface area (Å²) in [5.74, 6) is 0. The highest BCUT2D eigenvalue weighted by molar-refractivity contribution is 7.82. The van der Waals surface area contributed by atoms with Crippen LogP contribution in [0.3, 0.4) is 0 Å². The van der Waals surface area contributed by atoms with Gasteiger partial charge in [0.2, 0.25) is 0 Å². The average Bonchev–Trinajstić information content (AvgIpc) is 2.77. The summed E-state index contributed by atoms with van der Waals surface area (Å²) in [6.45, 7) is 2.07. The Kier molecular flexibility index (Phi) is 4.12. The van der Waals surface area contributed by atoms with Crippen molar-refractivity contribution < 1.29 is 8.76 Å². The smallest absolute Gasteiger partial charge is 0.179 e. The summed E-state index contributed by atoms with van der Waals surface area (Å²) < 4.78 is 19.2. The first-order chi connectivity index (χ1) is 8.63. The largest absolute Gasteiger partial charge is 0.359 e. The summed E-state index contributed by atoms with van der Waals surface area (Å²) in [7, 11) is 0. The van der Waals surface area contributed by atoms with Crippen LogP contribution in [0.25, 0.3) is 6.08 Å². The summed E-state index contributed by atoms with van der Waals surface area (Å²) in [5.41, 5.74) is 4.41. The van der Waals surface area contributed by atoms with Crippen molar-refractivity contribution in [1.29, 1.82) is 0 Å². The molecule has 3 nitrogen and oxygen atoms in total. The molecule has 0 amide bonds. The van der Waals surface area contributed by atoms with Gasteiger partial charge in [0.15, 0.2) is 11.1 Å². The monoisotopic (exact) mass is 261 g/mol. The van der Waals surface area contributed by atoms with Gasteiger partial charge in [0.25, 0.3) is 0 Å². The molecular weight excluding hydrogens is 246 g/mol. The minimum absolute atomic E-state index is 0.830. The number of aromatic amines is 1. The zero-order valence-corrected chi connectivity index (χ0v) is 10.9. The Balaban J connectivity index is 2.06. The summed E-state index contributed by atoms with van der Waals surface area (Å²) in [4.78, 5) is 3.20. The molecule has 94 valence electrons. The van der Waals surface area contributed by atoms with E-state index in [-0.39, 0.29) is 0 Å². The number of nitrogens with one attached hydrogen (secondary N) is 1. The van der Waals surface area contributed by atoms with Crippen molar-refractivity contribution >= 4 is 17.2 Å². The van der Waals surface area contributed by atoms with Crippen molar-refractivity contribution in [2.24, 2.45) is 0 Å². The van der Waals surface area contributed by atoms with Crippen molar-refractivity contribution in [3.63, 3.8) is 0 Å². The number of H-pyrrole nitrogens is 1. The lowest BCUT2D eigenvalue weighted by atomic mass is 10.1. The predicted octanol–water partition coefficient (Wildman–Crippen LogP) is 3.11. The second-order valence-electron chi connectivity index (χ2n) is 4.18. The molecule has 1 heterocycles. The quantitative estimate of drug-likeness (QED) is 0.831. The molecular formula is C14H15NO2S. The van der Waals surface area contributed by atoms with E-state index in [0.29, 0.717) is 0 Å². The third-order valence-electron chi connectivity index (χ3n) is 2.65. The third kappa shape index (κ3) is 3.68. The first kappa shape index (κ1) is 12.8. The van der Waals surface area contributed by atoms with Crippen LogP contribution in [-0.4, -0.2) is 13.7 Å². The maximum atomic E-state index is 10.5. The molecule has 0 aliphatic heterocycles. The average molecular weight is 261 g/mol. The lowest BCUT2D eigenvalue weighted by Gasteiger charge is -1.99. The van der Waals surface area contributed by atoms with E-state index in [4.69, 9.17) is 4.55 Å². The number of hydrogen-bond acceptors (Lipinski definition) is 1. The number of aryl methyl sites for hydroxylation is 1. The molecule has 0 saturated carbocycles. The molecule has 0 aliphatic rings. The van der Waals surface area contributed by atoms with Gasteiger partial charge in [-0.15, -0.1) is 0 Å². The Bertz CT molecular complexity index is 570. The number of aromatic nitrogens is 1. The molecule has 1 aromatic carbocycles. The molecule has 0 spiro atoms. The normalized spacial score (nSPS) is 13.0. The molecule has 0 saturated heterocycles. The molecule has 0 bridgehead atoms. The van der Waals surface area contributed by atoms with Crippen LogP contribution in [0.1, 0.15) is 22.5 Å². The van der Waals surface area contributed by atoms with Crippen LogP contribution < -0.4 is 0 Å². The van der Waals surface area contributed by atoms with Gasteiger partial charge in [0.1, 0.15) is 0 Å². The van der Waals surface area contributed by atoms with E-state index in [1.165, 1.54) is 16.5 Å². The highest BCUT2D eigenvalue weighted by Crippen LogP contribution is 2.11. The maximum Gasteiger partial charge on any atom is 0.179 e. The first-order valence-electron chi connectivity index (χ1n) is 5.65. The van der Waals surface area contributed by atoms with Crippen molar-refractivity contribution in [3.8, 4) is 0 Å². The van der Waals surface area contributed by atoms with Crippen molar-refractivity contribution in [1.82, 2.24) is 4.98 Å². The molecule has 1 atom stereocenters. The lowest BCUT2D eigenvalue weighted by molar-refractivity contribution is 0.574. The lowest BCUT2D eigenvalue weighted by Crippen LogP contribution is -1.88. The van der Waals surface area contributed by atoms with Gasteiger partial charge in [-0.2, -0.15) is 0 Å². The molecule has 0 fully saturated rings. The molecule has 0 aliphatic carbocycles. The maximum absolute atomic E-state index is 10.5. The van der Waals surface area contributed by atoms with Crippen LogP contribution >= 0.6 is 0 Å². The van der Waals surface area contributed by atoms with Gasteiger partial charge in [-0.05, 0) is 30.7 Å². The number of benzene rings is 1. The summed E-state index contributed by atoms with van der Waals surface area (Å²) >= 11 is -1.90. The van der Waals surface area contributed by atoms with Gasteiger partial charge in [0, 0.05) is 23.2 Å². The highest BCUT2D eigenvalue weighted by Gasteiger charge is 1.99. The Labute approximate surface area is 109 Å². The zero-order valence-electron chi connectivity index (χ0n) is 10.1. The standard InChI is InChI=1S/C14H15NO2S/c1-11-2-4-12(5-3-11)10-14-7-6-13(15-14)8-9-18(16)17/h2-9,15H,10H2,1H3,(H,16,17)/b9-8+. The van der Waals surface area contributed by atoms with Crippen LogP contribution in [0.2, 0.25) is 0 Å². The molecule has 18 heavy (non-hydrogen) atoms. The van der Waals surface area contributed by atoms with E-state index in [1.807, 2.05) is 12.1 Å². The van der Waals surface area contributed by atoms with E-state index < -0.39 is 11.1 Å². The number of hydrogen-bond donors (Lipinski definition) is 2. The number of rotatable bonds is 4. The molecule has 2 aromatic rings. The molecule has 2 rings (SSSR count). The Morgan fingerprint density at radius 2 is 1.94 bits per heavy atom. The van der Waals surface area contributed by atoms with Crippen LogP contribution in [0.4, 0.5) is 0 Å². The van der Waals surface area contributed by atoms with E-state index in [1.54, 1.807) is 6.08 Å². The molecule has 0 radical (unpaired) electrons. The van der Waals surface area contributed by atoms with E-state index in [2.05, 4.69) is 36.2 Å². The SMILES string of the molecule is Cc1ccc(Cc2ccc(/C=C/S(=O)O)[nH]2)cc1. The fourth-order valence-electron chi connectivity index (χ4n) is 1.72. The minimum atomic E-state index is -1.90. The summed E-state index contributed by atoms with van der Waals surface area (Å²) in [5, 5.41) is 1.24. The first-order valence-corrected chi connectivity index (χ1v) is 6.82. The van der Waals surface area contributed by atoms with E-state index >= 15 is 0 Å². The molecule has 1 aromatic heterocycles. The Morgan fingerprint density at radius 3 is 2.61 bits per heavy atom. The Morgan fingerprint density at radius 1 is 1.22 bits per heavy atom. The Hall–Kier alpha value is -1.65. The molecule has 1 unspecified atom stereocenters. The van der Waals surface area contributed by atoms with E-state index in [9.17, 15) is 4.21 Å². The van der Waals surface area contributed by atoms with E-state index in [0.717, 1.165) is 17.8 Å². The summed E-state index contributed by atoms with van der Waals surface area (Å²) in [6.07, 6.45) is 2.44. The predicted molar refractivity (Wildman–Crippen MR) is 74.6 cm³/mol. The van der Waals surface area contributed by atoms with Gasteiger partial charge in [-0.1, -0.05) is 29.8 Å². The van der Waals surface area contributed by atoms with Crippen LogP contribution in [-0.2, 0) is 17.5 Å². The highest BCUT2D eigenvalue weighted by atomic mass is 32.2. The second kappa shape index (κ2) is 5.80. The fraction of sp³-hybridized carbons (Fsp3) is 0.143. The van der Waals surface area contributed by atoms with Gasteiger partial charge >= 0.3 is 0 Å². The van der Waals surface area contributed by atoms with Gasteiger partial charge < -0.3 is 9.54 Å². The van der Waals surface area contributed by atoms with Crippen LogP contribution in [0.5, 0.6) is 0 Å². The minimum Gasteiger partial charge on any atom is -0.359 e. The van der Waals surface area contributed by atoms with Gasteiger partial charge in [-0.25, -0.2) is 4.21 Å². The molecule has 2 N–H and O–H groups in total. The topological polar surface area (TPSA) is 53.1 Å². The summed E-state index contributed by atoms with van der Waals surface area (Å²) in [6, 6.07) is 12.3. The van der Waals surface area contributed by atoms with Gasteiger partial charge in [-0.3, -0.25) is 0 Å². The van der Waals surface area contributed by atoms with Gasteiger partial charge in [0.05, 0.1) is 0 Å². The fourth-order valence-corrected chi connectivity index (χ4v) is 1.98. The zero-order chi connectivity index (χ0) is 13.0. The van der Waals surface area contributed by atoms with Crippen molar-refractivity contribution in [3.05, 3.63) is 64.3 Å². The van der Waals surface area contributed by atoms with Crippen LogP contribution in [0, 0.1) is 6.92 Å². The van der Waals surface area contributed by atoms with Crippen LogP contribution in [0.15, 0.2) is 41.8 Å². The second-order valence-corrected chi connectivity index (χ2v) is 5.00. The molecule has 4 heteroatoms.